The molecule has 1 fully saturated rings. The Bertz CT molecular complexity index is 787. The highest BCUT2D eigenvalue weighted by atomic mass is 16.5. The van der Waals surface area contributed by atoms with Gasteiger partial charge in [0.25, 0.3) is 5.91 Å². The number of methoxy groups -OCH3 is 3. The molecule has 0 unspecified atom stereocenters. The van der Waals surface area contributed by atoms with Crippen LogP contribution >= 0.6 is 0 Å². The van der Waals surface area contributed by atoms with Gasteiger partial charge in [0.05, 0.1) is 53.2 Å². The molecule has 1 saturated heterocycles. The monoisotopic (exact) mass is 386 g/mol. The molecule has 0 aliphatic carbocycles. The van der Waals surface area contributed by atoms with Crippen LogP contribution in [0.2, 0.25) is 0 Å². The Labute approximate surface area is 165 Å². The summed E-state index contributed by atoms with van der Waals surface area (Å²) in [6.45, 7) is 4.10. The van der Waals surface area contributed by atoms with Gasteiger partial charge in [0.1, 0.15) is 17.2 Å². The number of carbonyl (C=O) groups excluding carboxylic acids is 1. The Kier molecular flexibility index (Phi) is 6.60. The molecule has 0 radical (unpaired) electrons. The van der Waals surface area contributed by atoms with Gasteiger partial charge in [-0.05, 0) is 36.4 Å². The highest BCUT2D eigenvalue weighted by Crippen LogP contribution is 2.28. The van der Waals surface area contributed by atoms with Crippen LogP contribution < -0.4 is 29.3 Å². The van der Waals surface area contributed by atoms with Crippen molar-refractivity contribution in [1.29, 1.82) is 0 Å². The van der Waals surface area contributed by atoms with E-state index in [2.05, 4.69) is 22.3 Å². The van der Waals surface area contributed by atoms with Crippen LogP contribution in [0, 0.1) is 0 Å². The third-order valence-electron chi connectivity index (χ3n) is 5.00. The van der Waals surface area contributed by atoms with E-state index in [9.17, 15) is 4.79 Å². The van der Waals surface area contributed by atoms with Crippen molar-refractivity contribution in [3.05, 3.63) is 42.5 Å². The van der Waals surface area contributed by atoms with E-state index in [0.717, 1.165) is 31.9 Å². The number of nitrogens with one attached hydrogen (secondary N) is 2. The van der Waals surface area contributed by atoms with Gasteiger partial charge in [-0.3, -0.25) is 4.79 Å². The van der Waals surface area contributed by atoms with Crippen molar-refractivity contribution < 1.29 is 23.9 Å². The zero-order valence-electron chi connectivity index (χ0n) is 16.7. The molecule has 7 nitrogen and oxygen atoms in total. The summed E-state index contributed by atoms with van der Waals surface area (Å²) in [6, 6.07) is 13.5. The SMILES string of the molecule is COc1ccc(N2CC[NH+](CC(=O)Nc3ccc(OC)cc3OC)CC2)cc1. The Balaban J connectivity index is 1.51. The number of nitrogens with zero attached hydrogens (tertiary/aromatic N) is 1. The maximum Gasteiger partial charge on any atom is 0.279 e. The minimum absolute atomic E-state index is 0.0173. The molecule has 2 aromatic rings. The lowest BCUT2D eigenvalue weighted by Crippen LogP contribution is -3.15. The van der Waals surface area contributed by atoms with Crippen molar-refractivity contribution in [3.8, 4) is 17.2 Å². The van der Waals surface area contributed by atoms with Crippen molar-refractivity contribution in [2.45, 2.75) is 0 Å². The number of ether oxygens (including phenoxy) is 3. The van der Waals surface area contributed by atoms with Gasteiger partial charge >= 0.3 is 0 Å². The molecule has 150 valence electrons. The Morgan fingerprint density at radius 3 is 2.21 bits per heavy atom. The summed E-state index contributed by atoms with van der Waals surface area (Å²) in [7, 11) is 4.85. The molecule has 3 rings (SSSR count). The average molecular weight is 386 g/mol. The molecule has 7 heteroatoms. The van der Waals surface area contributed by atoms with Crippen LogP contribution in [0.15, 0.2) is 42.5 Å². The second-order valence-electron chi connectivity index (χ2n) is 6.73. The first-order valence-electron chi connectivity index (χ1n) is 9.37. The summed E-state index contributed by atoms with van der Waals surface area (Å²) in [4.78, 5) is 16.1. The smallest absolute Gasteiger partial charge is 0.279 e. The fraction of sp³-hybridized carbons (Fsp3) is 0.381. The van der Waals surface area contributed by atoms with Crippen LogP contribution in [0.5, 0.6) is 17.2 Å². The molecule has 0 spiro atoms. The van der Waals surface area contributed by atoms with E-state index in [0.29, 0.717) is 23.7 Å². The van der Waals surface area contributed by atoms with E-state index in [1.165, 1.54) is 10.6 Å². The van der Waals surface area contributed by atoms with Crippen LogP contribution in [-0.2, 0) is 4.79 Å². The number of piperazine rings is 1. The zero-order chi connectivity index (χ0) is 19.9. The maximum absolute atomic E-state index is 12.5. The minimum atomic E-state index is -0.0173. The zero-order valence-corrected chi connectivity index (χ0v) is 16.7. The Hall–Kier alpha value is -2.93. The summed E-state index contributed by atoms with van der Waals surface area (Å²) in [5.74, 6) is 2.12. The number of hydrogen-bond acceptors (Lipinski definition) is 5. The number of rotatable bonds is 7. The molecule has 1 heterocycles. The van der Waals surface area contributed by atoms with Gasteiger partial charge in [0.15, 0.2) is 6.54 Å². The summed E-state index contributed by atoms with van der Waals surface area (Å²) >= 11 is 0. The normalized spacial score (nSPS) is 14.5. The van der Waals surface area contributed by atoms with E-state index in [4.69, 9.17) is 14.2 Å². The van der Waals surface area contributed by atoms with Crippen LogP contribution in [0.25, 0.3) is 0 Å². The second-order valence-corrected chi connectivity index (χ2v) is 6.73. The molecule has 2 N–H and O–H groups in total. The molecule has 0 saturated carbocycles. The van der Waals surface area contributed by atoms with Gasteiger partial charge in [0, 0.05) is 11.8 Å². The summed E-state index contributed by atoms with van der Waals surface area (Å²) in [6.07, 6.45) is 0. The maximum atomic E-state index is 12.5. The molecule has 1 aliphatic rings. The lowest BCUT2D eigenvalue weighted by Gasteiger charge is -2.33. The van der Waals surface area contributed by atoms with Crippen LogP contribution in [-0.4, -0.2) is 60.0 Å². The number of amides is 1. The van der Waals surface area contributed by atoms with E-state index >= 15 is 0 Å². The molecule has 0 aromatic heterocycles. The van der Waals surface area contributed by atoms with E-state index in [1.54, 1.807) is 39.5 Å². The van der Waals surface area contributed by atoms with Gasteiger partial charge in [-0.2, -0.15) is 0 Å². The first-order chi connectivity index (χ1) is 13.6. The van der Waals surface area contributed by atoms with E-state index in [-0.39, 0.29) is 5.91 Å². The lowest BCUT2D eigenvalue weighted by molar-refractivity contribution is -0.892. The lowest BCUT2D eigenvalue weighted by atomic mass is 10.2. The summed E-state index contributed by atoms with van der Waals surface area (Å²) in [5.41, 5.74) is 1.84. The van der Waals surface area contributed by atoms with Crippen LogP contribution in [0.3, 0.4) is 0 Å². The topological polar surface area (TPSA) is 64.5 Å². The average Bonchev–Trinajstić information content (AvgIpc) is 2.74. The quantitative estimate of drug-likeness (QED) is 0.745. The molecule has 1 amide bonds. The predicted molar refractivity (Wildman–Crippen MR) is 109 cm³/mol. The molecule has 0 atom stereocenters. The summed E-state index contributed by atoms with van der Waals surface area (Å²) in [5, 5.41) is 2.95. The molecule has 1 aliphatic heterocycles. The number of anilines is 2. The van der Waals surface area contributed by atoms with Crippen molar-refractivity contribution >= 4 is 17.3 Å². The van der Waals surface area contributed by atoms with Crippen molar-refractivity contribution in [3.63, 3.8) is 0 Å². The van der Waals surface area contributed by atoms with Gasteiger partial charge in [0.2, 0.25) is 0 Å². The highest BCUT2D eigenvalue weighted by Gasteiger charge is 2.23. The Morgan fingerprint density at radius 1 is 0.964 bits per heavy atom. The predicted octanol–water partition coefficient (Wildman–Crippen LogP) is 1.06. The molecular formula is C21H28N3O4+. The van der Waals surface area contributed by atoms with Crippen molar-refractivity contribution in [2.24, 2.45) is 0 Å². The van der Waals surface area contributed by atoms with Crippen molar-refractivity contribution in [1.82, 2.24) is 0 Å². The second kappa shape index (κ2) is 9.32. The molecular weight excluding hydrogens is 358 g/mol. The number of benzene rings is 2. The molecule has 28 heavy (non-hydrogen) atoms. The fourth-order valence-electron chi connectivity index (χ4n) is 3.37. The van der Waals surface area contributed by atoms with Crippen LogP contribution in [0.4, 0.5) is 11.4 Å². The first-order valence-corrected chi connectivity index (χ1v) is 9.37. The number of hydrogen-bond donors (Lipinski definition) is 2. The Morgan fingerprint density at radius 2 is 1.61 bits per heavy atom. The number of carbonyl (C=O) groups is 1. The first kappa shape index (κ1) is 19.8. The molecule has 2 aromatic carbocycles. The third kappa shape index (κ3) is 4.86. The van der Waals surface area contributed by atoms with Gasteiger partial charge in [-0.1, -0.05) is 0 Å². The van der Waals surface area contributed by atoms with Crippen molar-refractivity contribution in [2.75, 3.05) is 64.3 Å². The van der Waals surface area contributed by atoms with Gasteiger partial charge < -0.3 is 29.3 Å². The fourth-order valence-corrected chi connectivity index (χ4v) is 3.37. The van der Waals surface area contributed by atoms with Gasteiger partial charge in [-0.15, -0.1) is 0 Å². The largest absolute Gasteiger partial charge is 0.497 e. The van der Waals surface area contributed by atoms with E-state index < -0.39 is 0 Å². The van der Waals surface area contributed by atoms with Crippen LogP contribution in [0.1, 0.15) is 0 Å². The number of quaternary nitrogens is 1. The van der Waals surface area contributed by atoms with Gasteiger partial charge in [-0.25, -0.2) is 0 Å². The third-order valence-corrected chi connectivity index (χ3v) is 5.00. The molecule has 0 bridgehead atoms. The summed E-state index contributed by atoms with van der Waals surface area (Å²) < 4.78 is 15.7. The highest BCUT2D eigenvalue weighted by molar-refractivity contribution is 5.93. The minimum Gasteiger partial charge on any atom is -0.497 e. The standard InChI is InChI=1S/C21H27N3O4/c1-26-17-6-4-16(5-7-17)24-12-10-23(11-13-24)15-21(25)22-19-9-8-18(27-2)14-20(19)28-3/h4-9,14H,10-13,15H2,1-3H3,(H,22,25)/p+1. The van der Waals surface area contributed by atoms with E-state index in [1.807, 2.05) is 12.1 Å².